The van der Waals surface area contributed by atoms with Crippen LogP contribution in [0.2, 0.25) is 0 Å². The molecule has 1 amide bonds. The highest BCUT2D eigenvalue weighted by molar-refractivity contribution is 5.93. The summed E-state index contributed by atoms with van der Waals surface area (Å²) < 4.78 is 10.3. The minimum Gasteiger partial charge on any atom is -0.497 e. The van der Waals surface area contributed by atoms with E-state index in [2.05, 4.69) is 10.2 Å². The van der Waals surface area contributed by atoms with E-state index in [0.717, 1.165) is 11.0 Å². The molecule has 25 heavy (non-hydrogen) atoms. The number of nitrogens with zero attached hydrogens (tertiary/aromatic N) is 2. The second kappa shape index (κ2) is 7.95. The molecule has 0 saturated heterocycles. The Morgan fingerprint density at radius 2 is 1.80 bits per heavy atom. The first-order chi connectivity index (χ1) is 11.9. The third-order valence-electron chi connectivity index (χ3n) is 3.30. The molecule has 9 nitrogen and oxygen atoms in total. The van der Waals surface area contributed by atoms with Crippen LogP contribution in [0.15, 0.2) is 35.1 Å². The molecular formula is C16H17N3O6. The zero-order chi connectivity index (χ0) is 18.4. The van der Waals surface area contributed by atoms with Crippen LogP contribution in [0, 0.1) is 0 Å². The number of hydrogen-bond acceptors (Lipinski definition) is 6. The van der Waals surface area contributed by atoms with Crippen molar-refractivity contribution in [2.45, 2.75) is 6.54 Å². The van der Waals surface area contributed by atoms with Gasteiger partial charge in [-0.25, -0.2) is 5.10 Å². The van der Waals surface area contributed by atoms with E-state index < -0.39 is 24.0 Å². The third kappa shape index (κ3) is 4.80. The molecule has 0 spiro atoms. The molecule has 2 N–H and O–H groups in total. The number of amides is 1. The number of nitrogens with one attached hydrogen (secondary N) is 1. The molecule has 132 valence electrons. The highest BCUT2D eigenvalue weighted by Crippen LogP contribution is 2.23. The van der Waals surface area contributed by atoms with Crippen molar-refractivity contribution in [3.8, 4) is 11.5 Å². The number of carboxylic acids is 1. The number of rotatable bonds is 7. The molecule has 0 aliphatic rings. The first-order valence-electron chi connectivity index (χ1n) is 7.21. The smallest absolute Gasteiger partial charge is 0.323 e. The Morgan fingerprint density at radius 1 is 1.16 bits per heavy atom. The van der Waals surface area contributed by atoms with Crippen LogP contribution >= 0.6 is 0 Å². The Morgan fingerprint density at radius 3 is 2.28 bits per heavy atom. The zero-order valence-electron chi connectivity index (χ0n) is 13.7. The van der Waals surface area contributed by atoms with Crippen molar-refractivity contribution < 1.29 is 24.2 Å². The van der Waals surface area contributed by atoms with Crippen LogP contribution in [-0.4, -0.2) is 52.8 Å². The van der Waals surface area contributed by atoms with E-state index in [1.165, 1.54) is 20.3 Å². The van der Waals surface area contributed by atoms with Gasteiger partial charge >= 0.3 is 5.97 Å². The van der Waals surface area contributed by atoms with Crippen molar-refractivity contribution in [2.24, 2.45) is 0 Å². The lowest BCUT2D eigenvalue weighted by molar-refractivity contribution is -0.137. The maximum absolute atomic E-state index is 12.5. The first kappa shape index (κ1) is 18.0. The standard InChI is InChI=1S/C16H17N3O6/c1-24-11-5-10(6-12(7-11)25-2)8-19(9-15(21)22)16(23)13-3-4-14(20)18-17-13/h3-7H,8-9H2,1-2H3,(H,18,20)(H,21,22). The molecule has 0 unspecified atom stereocenters. The van der Waals surface area contributed by atoms with E-state index in [4.69, 9.17) is 14.6 Å². The van der Waals surface area contributed by atoms with Crippen LogP contribution < -0.4 is 15.0 Å². The number of methoxy groups -OCH3 is 2. The Bertz CT molecular complexity index is 790. The van der Waals surface area contributed by atoms with E-state index in [0.29, 0.717) is 17.1 Å². The number of carbonyl (C=O) groups is 2. The number of benzene rings is 1. The number of hydrogen-bond donors (Lipinski definition) is 2. The Hall–Kier alpha value is -3.36. The van der Waals surface area contributed by atoms with Gasteiger partial charge in [-0.3, -0.25) is 14.4 Å². The van der Waals surface area contributed by atoms with E-state index in [1.54, 1.807) is 18.2 Å². The highest BCUT2D eigenvalue weighted by Gasteiger charge is 2.21. The van der Waals surface area contributed by atoms with Crippen molar-refractivity contribution in [3.63, 3.8) is 0 Å². The summed E-state index contributed by atoms with van der Waals surface area (Å²) in [6.45, 7) is -0.529. The van der Waals surface area contributed by atoms with Gasteiger partial charge in [-0.2, -0.15) is 5.10 Å². The number of carbonyl (C=O) groups excluding carboxylic acids is 1. The van der Waals surface area contributed by atoms with E-state index in [9.17, 15) is 14.4 Å². The number of ether oxygens (including phenoxy) is 2. The fourth-order valence-electron chi connectivity index (χ4n) is 2.17. The topological polar surface area (TPSA) is 122 Å². The predicted molar refractivity (Wildman–Crippen MR) is 86.8 cm³/mol. The Labute approximate surface area is 142 Å². The molecule has 2 aromatic rings. The highest BCUT2D eigenvalue weighted by atomic mass is 16.5. The molecule has 9 heteroatoms. The summed E-state index contributed by atoms with van der Waals surface area (Å²) in [6.07, 6.45) is 0. The molecule has 1 aromatic heterocycles. The van der Waals surface area contributed by atoms with Crippen LogP contribution in [0.25, 0.3) is 0 Å². The van der Waals surface area contributed by atoms with Crippen molar-refractivity contribution in [3.05, 3.63) is 51.9 Å². The van der Waals surface area contributed by atoms with Gasteiger partial charge in [0.15, 0.2) is 0 Å². The van der Waals surface area contributed by atoms with Crippen LogP contribution in [0.1, 0.15) is 16.1 Å². The van der Waals surface area contributed by atoms with Crippen molar-refractivity contribution in [1.82, 2.24) is 15.1 Å². The molecule has 0 bridgehead atoms. The number of aromatic amines is 1. The van der Waals surface area contributed by atoms with E-state index in [-0.39, 0.29) is 12.2 Å². The maximum atomic E-state index is 12.5. The summed E-state index contributed by atoms with van der Waals surface area (Å²) in [6, 6.07) is 7.39. The second-order valence-corrected chi connectivity index (χ2v) is 5.08. The monoisotopic (exact) mass is 347 g/mol. The molecule has 0 atom stereocenters. The second-order valence-electron chi connectivity index (χ2n) is 5.08. The fourth-order valence-corrected chi connectivity index (χ4v) is 2.17. The normalized spacial score (nSPS) is 10.2. The van der Waals surface area contributed by atoms with Crippen LogP contribution in [0.5, 0.6) is 11.5 Å². The van der Waals surface area contributed by atoms with Crippen molar-refractivity contribution in [2.75, 3.05) is 20.8 Å². The van der Waals surface area contributed by atoms with E-state index >= 15 is 0 Å². The maximum Gasteiger partial charge on any atom is 0.323 e. The summed E-state index contributed by atoms with van der Waals surface area (Å²) >= 11 is 0. The molecule has 0 saturated carbocycles. The number of aromatic nitrogens is 2. The van der Waals surface area contributed by atoms with Gasteiger partial charge in [-0.05, 0) is 23.8 Å². The average Bonchev–Trinajstić information content (AvgIpc) is 2.60. The van der Waals surface area contributed by atoms with Crippen LogP contribution in [0.3, 0.4) is 0 Å². The summed E-state index contributed by atoms with van der Waals surface area (Å²) in [4.78, 5) is 35.8. The van der Waals surface area contributed by atoms with Gasteiger partial charge in [0.1, 0.15) is 23.7 Å². The first-order valence-corrected chi connectivity index (χ1v) is 7.21. The molecule has 0 aliphatic carbocycles. The van der Waals surface area contributed by atoms with Gasteiger partial charge < -0.3 is 19.5 Å². The van der Waals surface area contributed by atoms with Crippen LogP contribution in [-0.2, 0) is 11.3 Å². The quantitative estimate of drug-likeness (QED) is 0.748. The molecular weight excluding hydrogens is 330 g/mol. The minimum atomic E-state index is -1.17. The van der Waals surface area contributed by atoms with Crippen molar-refractivity contribution >= 4 is 11.9 Å². The molecule has 1 aromatic carbocycles. The SMILES string of the molecule is COc1cc(CN(CC(=O)O)C(=O)c2ccc(=O)[nH]n2)cc(OC)c1. The average molecular weight is 347 g/mol. The van der Waals surface area contributed by atoms with Gasteiger partial charge in [0, 0.05) is 18.7 Å². The lowest BCUT2D eigenvalue weighted by atomic mass is 10.1. The van der Waals surface area contributed by atoms with Gasteiger partial charge in [-0.15, -0.1) is 0 Å². The van der Waals surface area contributed by atoms with Gasteiger partial charge in [0.25, 0.3) is 11.5 Å². The Kier molecular flexibility index (Phi) is 5.72. The fraction of sp³-hybridized carbons (Fsp3) is 0.250. The summed E-state index contributed by atoms with van der Waals surface area (Å²) in [5.74, 6) is -0.772. The molecule has 1 heterocycles. The molecule has 2 rings (SSSR count). The largest absolute Gasteiger partial charge is 0.497 e. The molecule has 0 fully saturated rings. The predicted octanol–water partition coefficient (Wildman–Crippen LogP) is 0.514. The van der Waals surface area contributed by atoms with Gasteiger partial charge in [-0.1, -0.05) is 0 Å². The summed E-state index contributed by atoms with van der Waals surface area (Å²) in [5, 5.41) is 14.9. The lowest BCUT2D eigenvalue weighted by Gasteiger charge is -2.21. The van der Waals surface area contributed by atoms with Crippen LogP contribution in [0.4, 0.5) is 0 Å². The number of H-pyrrole nitrogens is 1. The number of carboxylic acid groups (broad SMARTS) is 1. The van der Waals surface area contributed by atoms with Gasteiger partial charge in [0.05, 0.1) is 14.2 Å². The van der Waals surface area contributed by atoms with Gasteiger partial charge in [0.2, 0.25) is 0 Å². The zero-order valence-corrected chi connectivity index (χ0v) is 13.7. The van der Waals surface area contributed by atoms with E-state index in [1.807, 2.05) is 0 Å². The minimum absolute atomic E-state index is 0.000496. The molecule has 0 radical (unpaired) electrons. The molecule has 0 aliphatic heterocycles. The Balaban J connectivity index is 2.31. The van der Waals surface area contributed by atoms with Crippen molar-refractivity contribution in [1.29, 1.82) is 0 Å². The third-order valence-corrected chi connectivity index (χ3v) is 3.30. The summed E-state index contributed by atoms with van der Waals surface area (Å²) in [5.41, 5.74) is 0.102. The lowest BCUT2D eigenvalue weighted by Crippen LogP contribution is -2.36. The summed E-state index contributed by atoms with van der Waals surface area (Å²) in [7, 11) is 2.98. The number of aliphatic carboxylic acids is 1.